The summed E-state index contributed by atoms with van der Waals surface area (Å²) in [5.74, 6) is 0.0567. The van der Waals surface area contributed by atoms with Gasteiger partial charge in [-0.05, 0) is 25.7 Å². The maximum atomic E-state index is 12.2. The third-order valence-electron chi connectivity index (χ3n) is 3.89. The van der Waals surface area contributed by atoms with Gasteiger partial charge in [0.1, 0.15) is 10.8 Å². The molecule has 0 aromatic carbocycles. The monoisotopic (exact) mass is 410 g/mol. The van der Waals surface area contributed by atoms with E-state index in [2.05, 4.69) is 15.0 Å². The highest BCUT2D eigenvalue weighted by Crippen LogP contribution is 2.35. The van der Waals surface area contributed by atoms with Crippen molar-refractivity contribution in [3.63, 3.8) is 0 Å². The molecule has 27 heavy (non-hydrogen) atoms. The zero-order valence-corrected chi connectivity index (χ0v) is 15.8. The summed E-state index contributed by atoms with van der Waals surface area (Å²) in [5, 5.41) is 2.66. The second-order valence-electron chi connectivity index (χ2n) is 6.54. The molecule has 2 rings (SSSR count). The second kappa shape index (κ2) is 9.45. The molecule has 1 heterocycles. The Morgan fingerprint density at radius 1 is 1.41 bits per heavy atom. The van der Waals surface area contributed by atoms with Crippen LogP contribution < -0.4 is 14.8 Å². The summed E-state index contributed by atoms with van der Waals surface area (Å²) in [4.78, 5) is 14.9. The highest BCUT2D eigenvalue weighted by Gasteiger charge is 2.32. The van der Waals surface area contributed by atoms with Crippen molar-refractivity contribution in [2.45, 2.75) is 45.0 Å². The molecular weight excluding hydrogens is 389 g/mol. The molecule has 0 spiro atoms. The topological polar surface area (TPSA) is 69.7 Å². The summed E-state index contributed by atoms with van der Waals surface area (Å²) < 4.78 is 52.6. The first-order chi connectivity index (χ1) is 12.6. The fourth-order valence-corrected chi connectivity index (χ4v) is 2.81. The summed E-state index contributed by atoms with van der Waals surface area (Å²) >= 11 is 6.00. The molecule has 0 aliphatic heterocycles. The SMILES string of the molecule is CC(=O)N[C@@H](C)COC1CC(COc2nccc(OCC(F)(F)F)c2Cl)C1. The fraction of sp³-hybridized carbons (Fsp3) is 0.647. The Morgan fingerprint density at radius 3 is 2.74 bits per heavy atom. The number of aromatic nitrogens is 1. The number of carbonyl (C=O) groups is 1. The predicted octanol–water partition coefficient (Wildman–Crippen LogP) is 3.37. The molecule has 1 aliphatic rings. The minimum Gasteiger partial charge on any atom is -0.482 e. The van der Waals surface area contributed by atoms with Crippen LogP contribution in [0.4, 0.5) is 13.2 Å². The van der Waals surface area contributed by atoms with Gasteiger partial charge in [-0.1, -0.05) is 11.6 Å². The van der Waals surface area contributed by atoms with Crippen LogP contribution in [0.15, 0.2) is 12.3 Å². The van der Waals surface area contributed by atoms with Crippen LogP contribution in [0.25, 0.3) is 0 Å². The van der Waals surface area contributed by atoms with E-state index in [0.717, 1.165) is 12.8 Å². The van der Waals surface area contributed by atoms with Gasteiger partial charge in [0.05, 0.1) is 19.3 Å². The fourth-order valence-electron chi connectivity index (χ4n) is 2.59. The zero-order valence-electron chi connectivity index (χ0n) is 15.0. The molecule has 1 aromatic rings. The average Bonchev–Trinajstić information content (AvgIpc) is 2.51. The largest absolute Gasteiger partial charge is 0.482 e. The lowest BCUT2D eigenvalue weighted by atomic mass is 9.83. The number of rotatable bonds is 9. The summed E-state index contributed by atoms with van der Waals surface area (Å²) in [6.45, 7) is 2.65. The molecule has 1 fully saturated rings. The van der Waals surface area contributed by atoms with E-state index in [-0.39, 0.29) is 40.6 Å². The van der Waals surface area contributed by atoms with Crippen LogP contribution in [0.5, 0.6) is 11.6 Å². The number of nitrogens with one attached hydrogen (secondary N) is 1. The Labute approximate surface area is 160 Å². The standard InChI is InChI=1S/C17H22ClF3N2O4/c1-10(23-11(2)24)7-25-13-5-12(6-13)8-26-16-15(18)14(3-4-22-16)27-9-17(19,20)21/h3-4,10,12-13H,5-9H2,1-2H3,(H,23,24)/t10-,12?,13?/m0/s1. The Hall–Kier alpha value is -1.74. The normalized spacial score (nSPS) is 20.5. The maximum absolute atomic E-state index is 12.2. The molecule has 0 saturated heterocycles. The van der Waals surface area contributed by atoms with Gasteiger partial charge < -0.3 is 19.5 Å². The highest BCUT2D eigenvalue weighted by molar-refractivity contribution is 6.33. The number of amides is 1. The molecule has 1 N–H and O–H groups in total. The Bertz CT molecular complexity index is 639. The molecule has 1 aliphatic carbocycles. The van der Waals surface area contributed by atoms with Crippen molar-refractivity contribution >= 4 is 17.5 Å². The lowest BCUT2D eigenvalue weighted by Gasteiger charge is -2.35. The minimum absolute atomic E-state index is 0.0417. The number of pyridine rings is 1. The number of nitrogens with zero attached hydrogens (tertiary/aromatic N) is 1. The smallest absolute Gasteiger partial charge is 0.422 e. The van der Waals surface area contributed by atoms with E-state index in [4.69, 9.17) is 21.1 Å². The van der Waals surface area contributed by atoms with Crippen LogP contribution in [0.3, 0.4) is 0 Å². The van der Waals surface area contributed by atoms with Crippen molar-refractivity contribution in [3.8, 4) is 11.6 Å². The Kier molecular flexibility index (Phi) is 7.55. The molecule has 1 atom stereocenters. The van der Waals surface area contributed by atoms with E-state index < -0.39 is 12.8 Å². The van der Waals surface area contributed by atoms with Crippen molar-refractivity contribution in [3.05, 3.63) is 17.3 Å². The predicted molar refractivity (Wildman–Crippen MR) is 92.0 cm³/mol. The van der Waals surface area contributed by atoms with E-state index in [1.165, 1.54) is 19.2 Å². The first kappa shape index (κ1) is 21.6. The Balaban J connectivity index is 1.71. The van der Waals surface area contributed by atoms with Crippen molar-refractivity contribution in [2.75, 3.05) is 19.8 Å². The molecule has 6 nitrogen and oxygen atoms in total. The molecule has 0 bridgehead atoms. The first-order valence-corrected chi connectivity index (χ1v) is 8.87. The van der Waals surface area contributed by atoms with Gasteiger partial charge in [0, 0.05) is 25.2 Å². The molecule has 10 heteroatoms. The number of hydrogen-bond donors (Lipinski definition) is 1. The van der Waals surface area contributed by atoms with Gasteiger partial charge >= 0.3 is 6.18 Å². The molecule has 1 amide bonds. The van der Waals surface area contributed by atoms with Crippen molar-refractivity contribution in [1.82, 2.24) is 10.3 Å². The van der Waals surface area contributed by atoms with Crippen molar-refractivity contribution in [1.29, 1.82) is 0 Å². The van der Waals surface area contributed by atoms with E-state index in [0.29, 0.717) is 13.2 Å². The van der Waals surface area contributed by atoms with Gasteiger partial charge in [-0.25, -0.2) is 4.98 Å². The number of ether oxygens (including phenoxy) is 3. The van der Waals surface area contributed by atoms with E-state index in [9.17, 15) is 18.0 Å². The van der Waals surface area contributed by atoms with Crippen LogP contribution in [0.2, 0.25) is 5.02 Å². The number of halogens is 4. The molecule has 1 saturated carbocycles. The van der Waals surface area contributed by atoms with Crippen molar-refractivity contribution < 1.29 is 32.2 Å². The molecule has 152 valence electrons. The molecular formula is C17H22ClF3N2O4. The van der Waals surface area contributed by atoms with Crippen LogP contribution in [0.1, 0.15) is 26.7 Å². The van der Waals surface area contributed by atoms with E-state index >= 15 is 0 Å². The van der Waals surface area contributed by atoms with Crippen LogP contribution in [-0.2, 0) is 9.53 Å². The van der Waals surface area contributed by atoms with Gasteiger partial charge in [0.15, 0.2) is 6.61 Å². The van der Waals surface area contributed by atoms with E-state index in [1.54, 1.807) is 0 Å². The van der Waals surface area contributed by atoms with Gasteiger partial charge in [-0.2, -0.15) is 13.2 Å². The third-order valence-corrected chi connectivity index (χ3v) is 4.24. The minimum atomic E-state index is -4.45. The summed E-state index contributed by atoms with van der Waals surface area (Å²) in [6.07, 6.45) is -1.50. The summed E-state index contributed by atoms with van der Waals surface area (Å²) in [5.41, 5.74) is 0. The third kappa shape index (κ3) is 7.42. The first-order valence-electron chi connectivity index (χ1n) is 8.49. The quantitative estimate of drug-likeness (QED) is 0.676. The van der Waals surface area contributed by atoms with Gasteiger partial charge in [-0.3, -0.25) is 4.79 Å². The highest BCUT2D eigenvalue weighted by atomic mass is 35.5. The van der Waals surface area contributed by atoms with Crippen LogP contribution >= 0.6 is 11.6 Å². The summed E-state index contributed by atoms with van der Waals surface area (Å²) in [6, 6.07) is 1.20. The number of carbonyl (C=O) groups excluding carboxylic acids is 1. The maximum Gasteiger partial charge on any atom is 0.422 e. The molecule has 0 radical (unpaired) electrons. The van der Waals surface area contributed by atoms with Gasteiger partial charge in [0.2, 0.25) is 11.8 Å². The Morgan fingerprint density at radius 2 is 2.11 bits per heavy atom. The average molecular weight is 411 g/mol. The molecule has 1 aromatic heterocycles. The molecule has 0 unspecified atom stereocenters. The lowest BCUT2D eigenvalue weighted by molar-refractivity contribution is -0.153. The van der Waals surface area contributed by atoms with Crippen molar-refractivity contribution in [2.24, 2.45) is 5.92 Å². The van der Waals surface area contributed by atoms with Gasteiger partial charge in [-0.15, -0.1) is 0 Å². The lowest BCUT2D eigenvalue weighted by Crippen LogP contribution is -2.40. The van der Waals surface area contributed by atoms with E-state index in [1.807, 2.05) is 6.92 Å². The van der Waals surface area contributed by atoms with Gasteiger partial charge in [0.25, 0.3) is 0 Å². The number of hydrogen-bond acceptors (Lipinski definition) is 5. The van der Waals surface area contributed by atoms with Crippen LogP contribution in [-0.4, -0.2) is 49.0 Å². The second-order valence-corrected chi connectivity index (χ2v) is 6.92. The summed E-state index contributed by atoms with van der Waals surface area (Å²) in [7, 11) is 0. The number of alkyl halides is 3. The zero-order chi connectivity index (χ0) is 20.0. The van der Waals surface area contributed by atoms with Crippen LogP contribution in [0, 0.1) is 5.92 Å².